The zero-order valence-electron chi connectivity index (χ0n) is 15.6. The maximum Gasteiger partial charge on any atom is 0.435 e. The van der Waals surface area contributed by atoms with E-state index in [1.165, 1.54) is 0 Å². The van der Waals surface area contributed by atoms with Crippen LogP contribution in [0.2, 0.25) is 5.02 Å². The first-order valence-corrected chi connectivity index (χ1v) is 10.2. The number of nitrogens with one attached hydrogen (secondary N) is 2. The summed E-state index contributed by atoms with van der Waals surface area (Å²) >= 11 is 9.36. The quantitative estimate of drug-likeness (QED) is 0.457. The van der Waals surface area contributed by atoms with E-state index in [2.05, 4.69) is 31.7 Å². The van der Waals surface area contributed by atoms with E-state index in [4.69, 9.17) is 21.4 Å². The van der Waals surface area contributed by atoms with Gasteiger partial charge in [-0.2, -0.15) is 0 Å². The number of benzene rings is 3. The summed E-state index contributed by atoms with van der Waals surface area (Å²) in [4.78, 5) is 26.5. The van der Waals surface area contributed by atoms with Gasteiger partial charge in [-0.05, 0) is 42.5 Å². The SMILES string of the molecule is O=C(Nc1ccc(Cl)cc1)ONC1=Nc2ccc(Br)cc2C(c2ccccc2)=NC1. The van der Waals surface area contributed by atoms with Crippen LogP contribution in [0.5, 0.6) is 0 Å². The van der Waals surface area contributed by atoms with Gasteiger partial charge in [-0.15, -0.1) is 0 Å². The molecular weight excluding hydrogens is 468 g/mol. The van der Waals surface area contributed by atoms with Crippen molar-refractivity contribution in [2.24, 2.45) is 9.98 Å². The molecule has 0 fully saturated rings. The van der Waals surface area contributed by atoms with Crippen LogP contribution in [0.3, 0.4) is 0 Å². The highest BCUT2D eigenvalue weighted by Crippen LogP contribution is 2.28. The summed E-state index contributed by atoms with van der Waals surface area (Å²) in [6.07, 6.45) is -0.674. The molecule has 0 aliphatic carbocycles. The van der Waals surface area contributed by atoms with Crippen molar-refractivity contribution in [3.05, 3.63) is 93.4 Å². The highest BCUT2D eigenvalue weighted by atomic mass is 79.9. The van der Waals surface area contributed by atoms with Gasteiger partial charge < -0.3 is 4.84 Å². The Bertz CT molecular complexity index is 1130. The van der Waals surface area contributed by atoms with E-state index in [0.717, 1.165) is 27.0 Å². The van der Waals surface area contributed by atoms with E-state index in [-0.39, 0.29) is 6.54 Å². The maximum absolute atomic E-state index is 12.1. The molecule has 0 aromatic heterocycles. The Morgan fingerprint density at radius 1 is 1.03 bits per heavy atom. The number of fused-ring (bicyclic) bond motifs is 1. The molecule has 1 aliphatic heterocycles. The third-order valence-corrected chi connectivity index (χ3v) is 5.00. The van der Waals surface area contributed by atoms with Crippen molar-refractivity contribution in [1.29, 1.82) is 0 Å². The van der Waals surface area contributed by atoms with Gasteiger partial charge in [-0.1, -0.05) is 57.9 Å². The molecule has 0 spiro atoms. The highest BCUT2D eigenvalue weighted by molar-refractivity contribution is 9.10. The van der Waals surface area contributed by atoms with Crippen LogP contribution in [0.25, 0.3) is 0 Å². The largest absolute Gasteiger partial charge is 0.435 e. The first kappa shape index (κ1) is 20.1. The van der Waals surface area contributed by atoms with E-state index >= 15 is 0 Å². The Morgan fingerprint density at radius 3 is 2.57 bits per heavy atom. The average molecular weight is 484 g/mol. The summed E-state index contributed by atoms with van der Waals surface area (Å²) in [7, 11) is 0. The minimum atomic E-state index is -0.674. The van der Waals surface area contributed by atoms with Crippen molar-refractivity contribution in [3.63, 3.8) is 0 Å². The number of hydrogen-bond donors (Lipinski definition) is 2. The molecule has 1 heterocycles. The molecule has 6 nitrogen and oxygen atoms in total. The third kappa shape index (κ3) is 4.87. The molecule has 0 atom stereocenters. The van der Waals surface area contributed by atoms with Crippen molar-refractivity contribution in [2.45, 2.75) is 0 Å². The summed E-state index contributed by atoms with van der Waals surface area (Å²) in [6, 6.07) is 22.4. The van der Waals surface area contributed by atoms with Gasteiger partial charge in [0.1, 0.15) is 6.54 Å². The zero-order chi connectivity index (χ0) is 20.9. The summed E-state index contributed by atoms with van der Waals surface area (Å²) < 4.78 is 0.926. The smallest absolute Gasteiger partial charge is 0.323 e. The van der Waals surface area contributed by atoms with Crippen LogP contribution in [0.15, 0.2) is 87.3 Å². The predicted octanol–water partition coefficient (Wildman–Crippen LogP) is 5.74. The molecule has 0 saturated heterocycles. The van der Waals surface area contributed by atoms with Gasteiger partial charge >= 0.3 is 6.09 Å². The lowest BCUT2D eigenvalue weighted by Gasteiger charge is -2.09. The number of carbonyl (C=O) groups excluding carboxylic acids is 1. The van der Waals surface area contributed by atoms with Gasteiger partial charge in [0.05, 0.1) is 11.4 Å². The second-order valence-corrected chi connectivity index (χ2v) is 7.73. The van der Waals surface area contributed by atoms with Gasteiger partial charge in [0.25, 0.3) is 0 Å². The van der Waals surface area contributed by atoms with Crippen molar-refractivity contribution in [1.82, 2.24) is 5.48 Å². The molecule has 8 heteroatoms. The Morgan fingerprint density at radius 2 is 1.80 bits per heavy atom. The van der Waals surface area contributed by atoms with Crippen LogP contribution in [-0.4, -0.2) is 24.2 Å². The van der Waals surface area contributed by atoms with Crippen LogP contribution >= 0.6 is 27.5 Å². The number of amides is 1. The Labute approximate surface area is 186 Å². The molecule has 0 radical (unpaired) electrons. The molecular formula is C22H16BrClN4O2. The molecule has 1 amide bonds. The molecule has 0 bridgehead atoms. The number of amidine groups is 1. The lowest BCUT2D eigenvalue weighted by Crippen LogP contribution is -2.31. The van der Waals surface area contributed by atoms with Gasteiger partial charge in [0.15, 0.2) is 5.84 Å². The first-order valence-electron chi connectivity index (χ1n) is 9.05. The number of rotatable bonds is 2. The van der Waals surface area contributed by atoms with E-state index in [1.54, 1.807) is 24.3 Å². The van der Waals surface area contributed by atoms with Crippen LogP contribution in [0.1, 0.15) is 11.1 Å². The zero-order valence-corrected chi connectivity index (χ0v) is 17.9. The van der Waals surface area contributed by atoms with E-state index in [0.29, 0.717) is 16.5 Å². The minimum absolute atomic E-state index is 0.227. The second-order valence-electron chi connectivity index (χ2n) is 6.37. The van der Waals surface area contributed by atoms with Crippen molar-refractivity contribution >= 4 is 56.5 Å². The lowest BCUT2D eigenvalue weighted by molar-refractivity contribution is 0.134. The molecule has 0 saturated carbocycles. The Kier molecular flexibility index (Phi) is 6.11. The van der Waals surface area contributed by atoms with Crippen molar-refractivity contribution in [2.75, 3.05) is 11.9 Å². The minimum Gasteiger partial charge on any atom is -0.323 e. The van der Waals surface area contributed by atoms with Gasteiger partial charge in [0.2, 0.25) is 0 Å². The van der Waals surface area contributed by atoms with E-state index in [9.17, 15) is 4.79 Å². The summed E-state index contributed by atoms with van der Waals surface area (Å²) in [5, 5.41) is 3.19. The molecule has 3 aromatic carbocycles. The number of anilines is 1. The van der Waals surface area contributed by atoms with Crippen molar-refractivity contribution < 1.29 is 9.63 Å². The van der Waals surface area contributed by atoms with E-state index < -0.39 is 6.09 Å². The highest BCUT2D eigenvalue weighted by Gasteiger charge is 2.17. The number of hydrogen-bond acceptors (Lipinski definition) is 5. The molecule has 0 unspecified atom stereocenters. The average Bonchev–Trinajstić information content (AvgIpc) is 2.93. The number of carbonyl (C=O) groups is 1. The standard InChI is InChI=1S/C22H16BrClN4O2/c23-15-6-11-19-18(12-15)21(14-4-2-1-3-5-14)25-13-20(27-19)28-30-22(29)26-17-9-7-16(24)8-10-17/h1-12H,13H2,(H,26,29)(H,27,28). The predicted molar refractivity (Wildman–Crippen MR) is 123 cm³/mol. The summed E-state index contributed by atoms with van der Waals surface area (Å²) in [6.45, 7) is 0.227. The fourth-order valence-corrected chi connectivity index (χ4v) is 3.38. The molecule has 2 N–H and O–H groups in total. The maximum atomic E-state index is 12.1. The molecule has 4 rings (SSSR count). The van der Waals surface area contributed by atoms with Gasteiger partial charge in [-0.25, -0.2) is 15.3 Å². The third-order valence-electron chi connectivity index (χ3n) is 4.26. The summed E-state index contributed by atoms with van der Waals surface area (Å²) in [5.74, 6) is 0.413. The Balaban J connectivity index is 1.52. The number of aliphatic imine (C=N–C) groups is 2. The summed E-state index contributed by atoms with van der Waals surface area (Å²) in [5.41, 5.74) is 6.59. The Hall–Kier alpha value is -3.16. The first-order chi connectivity index (χ1) is 14.6. The number of hydroxylamine groups is 1. The topological polar surface area (TPSA) is 75.1 Å². The molecule has 3 aromatic rings. The van der Waals surface area contributed by atoms with E-state index in [1.807, 2.05) is 48.5 Å². The number of nitrogens with zero attached hydrogens (tertiary/aromatic N) is 2. The normalized spacial score (nSPS) is 12.7. The lowest BCUT2D eigenvalue weighted by atomic mass is 10.0. The molecule has 150 valence electrons. The van der Waals surface area contributed by atoms with Crippen LogP contribution in [-0.2, 0) is 4.84 Å². The van der Waals surface area contributed by atoms with Gasteiger partial charge in [-0.3, -0.25) is 10.3 Å². The monoisotopic (exact) mass is 482 g/mol. The van der Waals surface area contributed by atoms with Crippen molar-refractivity contribution in [3.8, 4) is 0 Å². The van der Waals surface area contributed by atoms with Crippen LogP contribution in [0, 0.1) is 0 Å². The second kappa shape index (κ2) is 9.11. The van der Waals surface area contributed by atoms with Crippen LogP contribution < -0.4 is 10.8 Å². The molecule has 1 aliphatic rings. The van der Waals surface area contributed by atoms with Crippen LogP contribution in [0.4, 0.5) is 16.2 Å². The fourth-order valence-electron chi connectivity index (χ4n) is 2.90. The van der Waals surface area contributed by atoms with Gasteiger partial charge in [0, 0.05) is 26.3 Å². The number of halogens is 2. The fraction of sp³-hybridized carbons (Fsp3) is 0.0455. The molecule has 30 heavy (non-hydrogen) atoms.